The molecule has 1 aromatic heterocycles. The summed E-state index contributed by atoms with van der Waals surface area (Å²) in [5.41, 5.74) is -0.542. The van der Waals surface area contributed by atoms with Crippen LogP contribution in [0.15, 0.2) is 17.2 Å². The minimum absolute atomic E-state index is 0.114. The molecule has 0 radical (unpaired) electrons. The Labute approximate surface area is 144 Å². The number of amides is 1. The van der Waals surface area contributed by atoms with E-state index in [0.29, 0.717) is 17.3 Å². The average Bonchev–Trinajstić information content (AvgIpc) is 2.46. The maximum Gasteiger partial charge on any atom is 0.410 e. The summed E-state index contributed by atoms with van der Waals surface area (Å²) >= 11 is 5.69. The lowest BCUT2D eigenvalue weighted by Gasteiger charge is -2.36. The van der Waals surface area contributed by atoms with E-state index in [-0.39, 0.29) is 17.3 Å². The van der Waals surface area contributed by atoms with Crippen molar-refractivity contribution in [3.05, 3.63) is 17.3 Å². The highest BCUT2D eigenvalue weighted by molar-refractivity contribution is 7.85. The highest BCUT2D eigenvalue weighted by Crippen LogP contribution is 2.22. The third kappa shape index (κ3) is 5.42. The van der Waals surface area contributed by atoms with Crippen LogP contribution in [0.1, 0.15) is 40.0 Å². The molecule has 2 heterocycles. The van der Waals surface area contributed by atoms with E-state index >= 15 is 0 Å². The van der Waals surface area contributed by atoms with E-state index in [0.717, 1.165) is 19.3 Å². The molecule has 0 spiro atoms. The molecule has 2 rings (SSSR count). The van der Waals surface area contributed by atoms with Crippen LogP contribution in [0.4, 0.5) is 4.79 Å². The number of ether oxygens (including phenoxy) is 1. The van der Waals surface area contributed by atoms with E-state index in [9.17, 15) is 9.00 Å². The van der Waals surface area contributed by atoms with Crippen LogP contribution in [0.2, 0.25) is 5.15 Å². The number of carbonyl (C=O) groups excluding carboxylic acids is 1. The van der Waals surface area contributed by atoms with Crippen LogP contribution in [0.5, 0.6) is 0 Å². The van der Waals surface area contributed by atoms with Gasteiger partial charge >= 0.3 is 6.09 Å². The molecule has 0 N–H and O–H groups in total. The highest BCUT2D eigenvalue weighted by Gasteiger charge is 2.31. The summed E-state index contributed by atoms with van der Waals surface area (Å²) < 4.78 is 17.9. The molecule has 0 saturated carbocycles. The summed E-state index contributed by atoms with van der Waals surface area (Å²) in [7, 11) is -1.33. The smallest absolute Gasteiger partial charge is 0.410 e. The number of hydrogen-bond acceptors (Lipinski definition) is 5. The van der Waals surface area contributed by atoms with Crippen molar-refractivity contribution < 1.29 is 13.7 Å². The zero-order chi connectivity index (χ0) is 17.0. The molecule has 8 heteroatoms. The number of halogens is 1. The van der Waals surface area contributed by atoms with Gasteiger partial charge < -0.3 is 9.64 Å². The van der Waals surface area contributed by atoms with Gasteiger partial charge in [0.2, 0.25) is 0 Å². The Kier molecular flexibility index (Phi) is 5.97. The molecule has 1 amide bonds. The predicted molar refractivity (Wildman–Crippen MR) is 88.9 cm³/mol. The van der Waals surface area contributed by atoms with Crippen LogP contribution in [0, 0.1) is 0 Å². The molecule has 1 aliphatic rings. The standard InChI is InChI=1S/C15H22ClN3O3S/c1-15(2,3)22-14(20)19-9-5-4-6-11(19)10-23(21)13-8-7-12(16)17-18-13/h7-8,11H,4-6,9-10H2,1-3H3/t11-,23-/m0/s1. The Bertz CT molecular complexity index is 574. The van der Waals surface area contributed by atoms with Gasteiger partial charge in [-0.15, -0.1) is 10.2 Å². The van der Waals surface area contributed by atoms with Crippen LogP contribution < -0.4 is 0 Å². The molecule has 0 aliphatic carbocycles. The molecule has 6 nitrogen and oxygen atoms in total. The third-order valence-corrected chi connectivity index (χ3v) is 5.01. The number of piperidine rings is 1. The summed E-state index contributed by atoms with van der Waals surface area (Å²) in [6, 6.07) is 3.05. The van der Waals surface area contributed by atoms with Crippen molar-refractivity contribution in [3.8, 4) is 0 Å². The van der Waals surface area contributed by atoms with Gasteiger partial charge in [-0.3, -0.25) is 4.21 Å². The van der Waals surface area contributed by atoms with Crippen molar-refractivity contribution in [2.45, 2.75) is 56.7 Å². The topological polar surface area (TPSA) is 72.4 Å². The molecule has 1 aliphatic heterocycles. The number of nitrogens with zero attached hydrogens (tertiary/aromatic N) is 3. The van der Waals surface area contributed by atoms with Gasteiger partial charge in [0.1, 0.15) is 10.6 Å². The van der Waals surface area contributed by atoms with Crippen LogP contribution in [0.3, 0.4) is 0 Å². The van der Waals surface area contributed by atoms with Crippen molar-refractivity contribution >= 4 is 28.5 Å². The summed E-state index contributed by atoms with van der Waals surface area (Å²) in [5.74, 6) is 0.329. The van der Waals surface area contributed by atoms with E-state index in [1.807, 2.05) is 20.8 Å². The molecule has 2 atom stereocenters. The Morgan fingerprint density at radius 2 is 2.13 bits per heavy atom. The van der Waals surface area contributed by atoms with E-state index in [1.54, 1.807) is 17.0 Å². The first-order valence-electron chi connectivity index (χ1n) is 7.63. The fourth-order valence-electron chi connectivity index (χ4n) is 2.42. The van der Waals surface area contributed by atoms with Gasteiger partial charge in [0.05, 0.1) is 16.6 Å². The number of carbonyl (C=O) groups is 1. The minimum Gasteiger partial charge on any atom is -0.444 e. The second-order valence-corrected chi connectivity index (χ2v) is 8.36. The largest absolute Gasteiger partial charge is 0.444 e. The van der Waals surface area contributed by atoms with Gasteiger partial charge in [0, 0.05) is 12.6 Å². The fraction of sp³-hybridized carbons (Fsp3) is 0.667. The maximum atomic E-state index is 12.5. The minimum atomic E-state index is -1.33. The molecule has 0 unspecified atom stereocenters. The summed E-state index contributed by atoms with van der Waals surface area (Å²) in [5, 5.41) is 8.21. The van der Waals surface area contributed by atoms with Crippen molar-refractivity contribution in [2.24, 2.45) is 0 Å². The first-order chi connectivity index (χ1) is 10.8. The van der Waals surface area contributed by atoms with Gasteiger partial charge in [-0.1, -0.05) is 11.6 Å². The van der Waals surface area contributed by atoms with E-state index in [4.69, 9.17) is 16.3 Å². The zero-order valence-electron chi connectivity index (χ0n) is 13.6. The quantitative estimate of drug-likeness (QED) is 0.829. The molecule has 23 heavy (non-hydrogen) atoms. The maximum absolute atomic E-state index is 12.5. The summed E-state index contributed by atoms with van der Waals surface area (Å²) in [6.45, 7) is 6.14. The number of hydrogen-bond donors (Lipinski definition) is 0. The first-order valence-corrected chi connectivity index (χ1v) is 9.33. The Morgan fingerprint density at radius 1 is 1.39 bits per heavy atom. The van der Waals surface area contributed by atoms with Crippen LogP contribution in [0.25, 0.3) is 0 Å². The van der Waals surface area contributed by atoms with E-state index < -0.39 is 16.4 Å². The van der Waals surface area contributed by atoms with Crippen molar-refractivity contribution in [1.29, 1.82) is 0 Å². The molecule has 0 aromatic carbocycles. The van der Waals surface area contributed by atoms with Gasteiger partial charge in [-0.2, -0.15) is 0 Å². The highest BCUT2D eigenvalue weighted by atomic mass is 35.5. The van der Waals surface area contributed by atoms with E-state index in [2.05, 4.69) is 10.2 Å². The van der Waals surface area contributed by atoms with Crippen molar-refractivity contribution in [2.75, 3.05) is 12.3 Å². The monoisotopic (exact) mass is 359 g/mol. The van der Waals surface area contributed by atoms with Crippen molar-refractivity contribution in [1.82, 2.24) is 15.1 Å². The SMILES string of the molecule is CC(C)(C)OC(=O)N1CCCC[C@H]1C[S@](=O)c1ccc(Cl)nn1. The van der Waals surface area contributed by atoms with Crippen LogP contribution in [-0.2, 0) is 15.5 Å². The van der Waals surface area contributed by atoms with Crippen molar-refractivity contribution in [3.63, 3.8) is 0 Å². The first kappa shape index (κ1) is 18.1. The zero-order valence-corrected chi connectivity index (χ0v) is 15.2. The third-order valence-electron chi connectivity index (χ3n) is 3.44. The second kappa shape index (κ2) is 7.57. The molecule has 1 aromatic rings. The molecule has 128 valence electrons. The van der Waals surface area contributed by atoms with Crippen LogP contribution in [-0.4, -0.2) is 49.3 Å². The normalized spacial score (nSPS) is 20.2. The molecular formula is C15H22ClN3O3S. The lowest BCUT2D eigenvalue weighted by atomic mass is 10.0. The fourth-order valence-corrected chi connectivity index (χ4v) is 3.74. The van der Waals surface area contributed by atoms with Gasteiger partial charge in [-0.05, 0) is 52.2 Å². The lowest BCUT2D eigenvalue weighted by Crippen LogP contribution is -2.48. The Balaban J connectivity index is 2.04. The Morgan fingerprint density at radius 3 is 2.74 bits per heavy atom. The second-order valence-electron chi connectivity index (χ2n) is 6.53. The molecular weight excluding hydrogens is 338 g/mol. The number of aromatic nitrogens is 2. The summed E-state index contributed by atoms with van der Waals surface area (Å²) in [4.78, 5) is 14.0. The lowest BCUT2D eigenvalue weighted by molar-refractivity contribution is 0.0125. The summed E-state index contributed by atoms with van der Waals surface area (Å²) in [6.07, 6.45) is 2.41. The van der Waals surface area contributed by atoms with Gasteiger partial charge in [0.15, 0.2) is 5.15 Å². The van der Waals surface area contributed by atoms with Gasteiger partial charge in [-0.25, -0.2) is 4.79 Å². The Hall–Kier alpha value is -1.21. The van der Waals surface area contributed by atoms with Gasteiger partial charge in [0.25, 0.3) is 0 Å². The number of rotatable bonds is 3. The number of likely N-dealkylation sites (tertiary alicyclic amines) is 1. The molecule has 0 bridgehead atoms. The average molecular weight is 360 g/mol. The molecule has 1 saturated heterocycles. The van der Waals surface area contributed by atoms with Crippen LogP contribution >= 0.6 is 11.6 Å². The predicted octanol–water partition coefficient (Wildman–Crippen LogP) is 3.03. The van der Waals surface area contributed by atoms with E-state index in [1.165, 1.54) is 0 Å². The molecule has 1 fully saturated rings.